The Morgan fingerprint density at radius 3 is 2.00 bits per heavy atom. The maximum Gasteiger partial charge on any atom is 0.150 e. The predicted molar refractivity (Wildman–Crippen MR) is 61.3 cm³/mol. The molecule has 0 rings (SSSR count). The lowest BCUT2D eigenvalue weighted by Gasteiger charge is -2.36. The first kappa shape index (κ1) is 14.8. The van der Waals surface area contributed by atoms with Crippen molar-refractivity contribution in [1.29, 1.82) is 0 Å². The Bertz CT molecular complexity index is 295. The summed E-state index contributed by atoms with van der Waals surface area (Å²) in [6.07, 6.45) is -0.0246. The Labute approximate surface area is 92.2 Å². The van der Waals surface area contributed by atoms with Crippen molar-refractivity contribution >= 4 is 9.84 Å². The van der Waals surface area contributed by atoms with Crippen LogP contribution in [0.5, 0.6) is 0 Å². The second-order valence-corrected chi connectivity index (χ2v) is 7.38. The fourth-order valence-corrected chi connectivity index (χ4v) is 2.17. The van der Waals surface area contributed by atoms with E-state index in [-0.39, 0.29) is 24.5 Å². The molecule has 5 heteroatoms. The predicted octanol–water partition coefficient (Wildman–Crippen LogP) is 1.52. The Balaban J connectivity index is 4.63. The normalized spacial score (nSPS) is 17.5. The summed E-state index contributed by atoms with van der Waals surface area (Å²) < 4.78 is 36.9. The van der Waals surface area contributed by atoms with Crippen LogP contribution >= 0.6 is 0 Å². The van der Waals surface area contributed by atoms with Crippen molar-refractivity contribution in [2.45, 2.75) is 39.8 Å². The zero-order valence-corrected chi connectivity index (χ0v) is 10.8. The molecule has 0 aromatic rings. The van der Waals surface area contributed by atoms with Gasteiger partial charge in [0, 0.05) is 12.3 Å². The van der Waals surface area contributed by atoms with Gasteiger partial charge in [-0.3, -0.25) is 0 Å². The minimum absolute atomic E-state index is 0.0246. The summed E-state index contributed by atoms with van der Waals surface area (Å²) in [5.74, 6) is -0.0771. The molecule has 0 bridgehead atoms. The lowest BCUT2D eigenvalue weighted by Crippen LogP contribution is -2.46. The molecule has 1 atom stereocenters. The van der Waals surface area contributed by atoms with Crippen molar-refractivity contribution in [3.05, 3.63) is 0 Å². The molecule has 0 aliphatic carbocycles. The van der Waals surface area contributed by atoms with Crippen LogP contribution in [-0.2, 0) is 9.84 Å². The van der Waals surface area contributed by atoms with E-state index in [1.54, 1.807) is 27.7 Å². The van der Waals surface area contributed by atoms with Crippen LogP contribution in [-0.4, -0.2) is 32.1 Å². The van der Waals surface area contributed by atoms with E-state index in [0.29, 0.717) is 0 Å². The molecule has 0 amide bonds. The summed E-state index contributed by atoms with van der Waals surface area (Å²) in [4.78, 5) is 0. The van der Waals surface area contributed by atoms with E-state index >= 15 is 0 Å². The summed E-state index contributed by atoms with van der Waals surface area (Å²) >= 11 is 0. The highest BCUT2D eigenvalue weighted by Gasteiger charge is 2.41. The van der Waals surface area contributed by atoms with E-state index in [1.807, 2.05) is 0 Å². The molecule has 0 heterocycles. The van der Waals surface area contributed by atoms with Crippen LogP contribution in [0.2, 0.25) is 0 Å². The number of hydrogen-bond acceptors (Lipinski definition) is 3. The summed E-state index contributed by atoms with van der Waals surface area (Å²) in [6, 6.07) is 0. The van der Waals surface area contributed by atoms with Crippen LogP contribution in [0.1, 0.15) is 34.1 Å². The molecule has 0 fully saturated rings. The van der Waals surface area contributed by atoms with Gasteiger partial charge in [0.25, 0.3) is 0 Å². The van der Waals surface area contributed by atoms with Crippen LogP contribution < -0.4 is 5.73 Å². The molecule has 0 aliphatic rings. The van der Waals surface area contributed by atoms with E-state index < -0.39 is 20.9 Å². The van der Waals surface area contributed by atoms with Gasteiger partial charge in [0.2, 0.25) is 0 Å². The number of nitrogens with two attached hydrogens (primary N) is 1. The maximum absolute atomic E-state index is 14.3. The Kier molecular flexibility index (Phi) is 4.73. The van der Waals surface area contributed by atoms with Crippen molar-refractivity contribution in [2.75, 3.05) is 18.1 Å². The first-order valence-electron chi connectivity index (χ1n) is 5.17. The van der Waals surface area contributed by atoms with Crippen molar-refractivity contribution in [1.82, 2.24) is 0 Å². The molecule has 0 saturated carbocycles. The Hall–Kier alpha value is -0.160. The Morgan fingerprint density at radius 2 is 1.73 bits per heavy atom. The third kappa shape index (κ3) is 4.07. The molecule has 2 N–H and O–H groups in total. The van der Waals surface area contributed by atoms with Gasteiger partial charge in [0.1, 0.15) is 15.5 Å². The van der Waals surface area contributed by atoms with Crippen LogP contribution in [0.25, 0.3) is 0 Å². The average molecular weight is 239 g/mol. The molecule has 92 valence electrons. The zero-order chi connectivity index (χ0) is 12.3. The molecular formula is C10H22FNO2S. The monoisotopic (exact) mass is 239 g/mol. The van der Waals surface area contributed by atoms with Crippen LogP contribution in [0.4, 0.5) is 4.39 Å². The second kappa shape index (κ2) is 4.78. The lowest BCUT2D eigenvalue weighted by atomic mass is 9.76. The summed E-state index contributed by atoms with van der Waals surface area (Å²) in [5.41, 5.74) is 3.14. The summed E-state index contributed by atoms with van der Waals surface area (Å²) in [6.45, 7) is 6.62. The second-order valence-electron chi connectivity index (χ2n) is 4.91. The highest BCUT2D eigenvalue weighted by atomic mass is 32.2. The topological polar surface area (TPSA) is 60.2 Å². The van der Waals surface area contributed by atoms with E-state index in [2.05, 4.69) is 0 Å². The molecule has 0 saturated heterocycles. The van der Waals surface area contributed by atoms with E-state index in [9.17, 15) is 12.8 Å². The molecule has 1 unspecified atom stereocenters. The molecule has 15 heavy (non-hydrogen) atoms. The van der Waals surface area contributed by atoms with Gasteiger partial charge in [0.05, 0.1) is 5.75 Å². The Morgan fingerprint density at radius 1 is 1.27 bits per heavy atom. The smallest absolute Gasteiger partial charge is 0.150 e. The standard InChI is InChI=1S/C10H22FNO2S/c1-5-15(13,14)7-6-10(11,8-12)9(2,3)4/h5-8,12H2,1-4H3. The molecule has 3 nitrogen and oxygen atoms in total. The largest absolute Gasteiger partial charge is 0.328 e. The number of halogens is 1. The molecule has 0 aliphatic heterocycles. The van der Waals surface area contributed by atoms with Gasteiger partial charge in [-0.1, -0.05) is 27.7 Å². The van der Waals surface area contributed by atoms with E-state index in [0.717, 1.165) is 0 Å². The lowest BCUT2D eigenvalue weighted by molar-refractivity contribution is 0.0349. The summed E-state index contributed by atoms with van der Waals surface area (Å²) in [7, 11) is -3.12. The van der Waals surface area contributed by atoms with Crippen molar-refractivity contribution in [3.8, 4) is 0 Å². The third-order valence-electron chi connectivity index (χ3n) is 2.92. The number of rotatable bonds is 5. The number of alkyl halides is 1. The van der Waals surface area contributed by atoms with Crippen molar-refractivity contribution < 1.29 is 12.8 Å². The SMILES string of the molecule is CCS(=O)(=O)CCC(F)(CN)C(C)(C)C. The van der Waals surface area contributed by atoms with Gasteiger partial charge >= 0.3 is 0 Å². The molecular weight excluding hydrogens is 217 g/mol. The highest BCUT2D eigenvalue weighted by Crippen LogP contribution is 2.36. The minimum Gasteiger partial charge on any atom is -0.328 e. The van der Waals surface area contributed by atoms with Crippen LogP contribution in [0.15, 0.2) is 0 Å². The molecule has 0 radical (unpaired) electrons. The van der Waals surface area contributed by atoms with Gasteiger partial charge in [0.15, 0.2) is 0 Å². The van der Waals surface area contributed by atoms with E-state index in [1.165, 1.54) is 0 Å². The van der Waals surface area contributed by atoms with Crippen LogP contribution in [0, 0.1) is 5.41 Å². The van der Waals surface area contributed by atoms with Gasteiger partial charge in [-0.15, -0.1) is 0 Å². The van der Waals surface area contributed by atoms with Gasteiger partial charge < -0.3 is 5.73 Å². The molecule has 0 aromatic heterocycles. The maximum atomic E-state index is 14.3. The van der Waals surface area contributed by atoms with E-state index in [4.69, 9.17) is 5.73 Å². The van der Waals surface area contributed by atoms with Gasteiger partial charge in [-0.05, 0) is 11.8 Å². The third-order valence-corrected chi connectivity index (χ3v) is 4.62. The highest BCUT2D eigenvalue weighted by molar-refractivity contribution is 7.91. The van der Waals surface area contributed by atoms with Gasteiger partial charge in [-0.2, -0.15) is 0 Å². The fourth-order valence-electron chi connectivity index (χ4n) is 1.24. The fraction of sp³-hybridized carbons (Fsp3) is 1.00. The number of sulfone groups is 1. The first-order valence-corrected chi connectivity index (χ1v) is 6.99. The molecule has 0 aromatic carbocycles. The number of hydrogen-bond donors (Lipinski definition) is 1. The van der Waals surface area contributed by atoms with Crippen molar-refractivity contribution in [2.24, 2.45) is 11.1 Å². The molecule has 0 spiro atoms. The average Bonchev–Trinajstić information content (AvgIpc) is 2.12. The summed E-state index contributed by atoms with van der Waals surface area (Å²) in [5, 5.41) is 0. The van der Waals surface area contributed by atoms with Crippen molar-refractivity contribution in [3.63, 3.8) is 0 Å². The quantitative estimate of drug-likeness (QED) is 0.791. The minimum atomic E-state index is -3.12. The van der Waals surface area contributed by atoms with Crippen LogP contribution in [0.3, 0.4) is 0 Å². The first-order chi connectivity index (χ1) is 6.58. The zero-order valence-electron chi connectivity index (χ0n) is 10.0. The van der Waals surface area contributed by atoms with Gasteiger partial charge in [-0.25, -0.2) is 12.8 Å².